The van der Waals surface area contributed by atoms with Gasteiger partial charge in [-0.1, -0.05) is 54.1 Å². The summed E-state index contributed by atoms with van der Waals surface area (Å²) in [7, 11) is 0. The predicted molar refractivity (Wildman–Crippen MR) is 125 cm³/mol. The van der Waals surface area contributed by atoms with Gasteiger partial charge in [0.2, 0.25) is 0 Å². The van der Waals surface area contributed by atoms with Crippen LogP contribution in [0, 0.1) is 5.82 Å². The average molecular weight is 468 g/mol. The Morgan fingerprint density at radius 2 is 1.88 bits per heavy atom. The number of thioether (sulfide) groups is 1. The molecule has 0 aromatic heterocycles. The normalized spacial score (nSPS) is 19.5. The zero-order chi connectivity index (χ0) is 22.3. The molecule has 32 heavy (non-hydrogen) atoms. The maximum atomic E-state index is 14.4. The number of urea groups is 1. The van der Waals surface area contributed by atoms with Crippen molar-refractivity contribution in [3.05, 3.63) is 94.8 Å². The Hall–Kier alpha value is -3.03. The first kappa shape index (κ1) is 20.8. The van der Waals surface area contributed by atoms with Crippen molar-refractivity contribution in [2.45, 2.75) is 11.4 Å². The van der Waals surface area contributed by atoms with Crippen molar-refractivity contribution >= 4 is 46.7 Å². The zero-order valence-electron chi connectivity index (χ0n) is 16.9. The van der Waals surface area contributed by atoms with Crippen LogP contribution in [0.2, 0.25) is 5.02 Å². The van der Waals surface area contributed by atoms with E-state index < -0.39 is 4.87 Å². The number of halogens is 2. The molecule has 1 fully saturated rings. The maximum absolute atomic E-state index is 14.4. The molecule has 8 heteroatoms. The molecule has 3 aromatic carbocycles. The minimum atomic E-state index is -1.19. The highest BCUT2D eigenvalue weighted by atomic mass is 35.5. The number of fused-ring (bicyclic) bond motifs is 2. The lowest BCUT2D eigenvalue weighted by Gasteiger charge is -2.33. The molecule has 2 aliphatic heterocycles. The van der Waals surface area contributed by atoms with Gasteiger partial charge in [-0.3, -0.25) is 9.69 Å². The summed E-state index contributed by atoms with van der Waals surface area (Å²) >= 11 is 7.47. The second-order valence-corrected chi connectivity index (χ2v) is 9.31. The van der Waals surface area contributed by atoms with E-state index in [-0.39, 0.29) is 24.3 Å². The Morgan fingerprint density at radius 3 is 2.69 bits per heavy atom. The fourth-order valence-electron chi connectivity index (χ4n) is 4.28. The van der Waals surface area contributed by atoms with Gasteiger partial charge in [-0.2, -0.15) is 0 Å². The fourth-order valence-corrected chi connectivity index (χ4v) is 5.93. The maximum Gasteiger partial charge on any atom is 0.323 e. The molecule has 3 aromatic rings. The topological polar surface area (TPSA) is 52.7 Å². The second kappa shape index (κ2) is 8.15. The molecule has 0 saturated carbocycles. The molecule has 162 valence electrons. The third kappa shape index (κ3) is 3.32. The summed E-state index contributed by atoms with van der Waals surface area (Å²) in [6, 6.07) is 20.3. The quantitative estimate of drug-likeness (QED) is 0.556. The van der Waals surface area contributed by atoms with Crippen LogP contribution in [0.25, 0.3) is 0 Å². The summed E-state index contributed by atoms with van der Waals surface area (Å²) in [6.45, 7) is 0.499. The van der Waals surface area contributed by atoms with Crippen molar-refractivity contribution in [2.24, 2.45) is 0 Å². The molecule has 1 unspecified atom stereocenters. The number of rotatable bonds is 3. The van der Waals surface area contributed by atoms with Crippen LogP contribution in [0.1, 0.15) is 11.1 Å². The highest BCUT2D eigenvalue weighted by molar-refractivity contribution is 8.01. The molecule has 1 spiro atoms. The van der Waals surface area contributed by atoms with E-state index in [2.05, 4.69) is 5.32 Å². The molecule has 0 bridgehead atoms. The Labute approximate surface area is 194 Å². The highest BCUT2D eigenvalue weighted by Gasteiger charge is 2.59. The number of anilines is 2. The SMILES string of the molecule is O=C(Nc1cccc(Cl)c1)N1CCSC12C(=O)N(Cc1ccccc1F)c1ccccc12. The molecule has 0 radical (unpaired) electrons. The van der Waals surface area contributed by atoms with Crippen molar-refractivity contribution in [1.29, 1.82) is 0 Å². The van der Waals surface area contributed by atoms with Crippen molar-refractivity contribution in [3.8, 4) is 0 Å². The highest BCUT2D eigenvalue weighted by Crippen LogP contribution is 2.54. The smallest absolute Gasteiger partial charge is 0.308 e. The first-order valence-corrected chi connectivity index (χ1v) is 11.5. The van der Waals surface area contributed by atoms with E-state index >= 15 is 0 Å². The van der Waals surface area contributed by atoms with Crippen molar-refractivity contribution in [1.82, 2.24) is 4.90 Å². The van der Waals surface area contributed by atoms with Crippen LogP contribution in [0.4, 0.5) is 20.6 Å². The molecule has 5 nitrogen and oxygen atoms in total. The summed E-state index contributed by atoms with van der Waals surface area (Å²) < 4.78 is 14.4. The van der Waals surface area contributed by atoms with Crippen LogP contribution in [-0.2, 0) is 16.2 Å². The van der Waals surface area contributed by atoms with E-state index in [0.29, 0.717) is 34.3 Å². The number of para-hydroxylation sites is 1. The van der Waals surface area contributed by atoms with Crippen LogP contribution in [0.5, 0.6) is 0 Å². The Morgan fingerprint density at radius 1 is 1.09 bits per heavy atom. The van der Waals surface area contributed by atoms with Gasteiger partial charge in [-0.25, -0.2) is 9.18 Å². The van der Waals surface area contributed by atoms with Gasteiger partial charge >= 0.3 is 6.03 Å². The van der Waals surface area contributed by atoms with Crippen LogP contribution in [0.15, 0.2) is 72.8 Å². The predicted octanol–water partition coefficient (Wildman–Crippen LogP) is 5.46. The van der Waals surface area contributed by atoms with E-state index in [1.165, 1.54) is 17.8 Å². The van der Waals surface area contributed by atoms with E-state index in [0.717, 1.165) is 5.56 Å². The molecule has 3 amide bonds. The minimum Gasteiger partial charge on any atom is -0.308 e. The van der Waals surface area contributed by atoms with Gasteiger partial charge in [0, 0.05) is 34.1 Å². The van der Waals surface area contributed by atoms with Crippen molar-refractivity contribution in [2.75, 3.05) is 22.5 Å². The van der Waals surface area contributed by atoms with Crippen LogP contribution < -0.4 is 10.2 Å². The first-order chi connectivity index (χ1) is 15.5. The van der Waals surface area contributed by atoms with Gasteiger partial charge in [-0.05, 0) is 30.3 Å². The molecular formula is C24H19ClFN3O2S. The molecule has 5 rings (SSSR count). The lowest BCUT2D eigenvalue weighted by molar-refractivity contribution is -0.123. The fraction of sp³-hybridized carbons (Fsp3) is 0.167. The van der Waals surface area contributed by atoms with Gasteiger partial charge < -0.3 is 10.2 Å². The number of hydrogen-bond acceptors (Lipinski definition) is 3. The van der Waals surface area contributed by atoms with E-state index in [1.54, 1.807) is 52.3 Å². The number of hydrogen-bond donors (Lipinski definition) is 1. The minimum absolute atomic E-state index is 0.0918. The Kier molecular flexibility index (Phi) is 5.31. The largest absolute Gasteiger partial charge is 0.323 e. The van der Waals surface area contributed by atoms with E-state index in [4.69, 9.17) is 11.6 Å². The summed E-state index contributed by atoms with van der Waals surface area (Å²) in [6.07, 6.45) is 0. The summed E-state index contributed by atoms with van der Waals surface area (Å²) in [5.74, 6) is -0.00427. The number of carbonyl (C=O) groups excluding carboxylic acids is 2. The first-order valence-electron chi connectivity index (χ1n) is 10.1. The van der Waals surface area contributed by atoms with Crippen LogP contribution in [0.3, 0.4) is 0 Å². The van der Waals surface area contributed by atoms with E-state index in [9.17, 15) is 14.0 Å². The second-order valence-electron chi connectivity index (χ2n) is 7.58. The number of nitrogens with one attached hydrogen (secondary N) is 1. The van der Waals surface area contributed by atoms with Gasteiger partial charge in [0.15, 0.2) is 4.87 Å². The third-order valence-corrected chi connectivity index (χ3v) is 7.36. The third-order valence-electron chi connectivity index (χ3n) is 5.71. The molecule has 2 heterocycles. The summed E-state index contributed by atoms with van der Waals surface area (Å²) in [5.41, 5.74) is 2.41. The lowest BCUT2D eigenvalue weighted by atomic mass is 10.1. The Bertz CT molecular complexity index is 1220. The van der Waals surface area contributed by atoms with Gasteiger partial charge in [0.1, 0.15) is 5.82 Å². The molecule has 0 aliphatic carbocycles. The Balaban J connectivity index is 1.52. The van der Waals surface area contributed by atoms with Gasteiger partial charge in [0.05, 0.1) is 12.2 Å². The average Bonchev–Trinajstić information content (AvgIpc) is 3.33. The molecule has 2 aliphatic rings. The van der Waals surface area contributed by atoms with Gasteiger partial charge in [0.25, 0.3) is 5.91 Å². The number of amides is 3. The standard InChI is InChI=1S/C24H19ClFN3O2S/c25-17-7-5-8-18(14-17)27-23(31)29-12-13-32-24(29)19-9-2-4-11-21(19)28(22(24)30)15-16-6-1-3-10-20(16)26/h1-11,14H,12-13,15H2,(H,27,31). The monoisotopic (exact) mass is 467 g/mol. The summed E-state index contributed by atoms with van der Waals surface area (Å²) in [5, 5.41) is 3.37. The number of nitrogens with zero attached hydrogens (tertiary/aromatic N) is 2. The molecular weight excluding hydrogens is 449 g/mol. The number of benzene rings is 3. The van der Waals surface area contributed by atoms with Gasteiger partial charge in [-0.15, -0.1) is 11.8 Å². The van der Waals surface area contributed by atoms with Crippen LogP contribution >= 0.6 is 23.4 Å². The summed E-state index contributed by atoms with van der Waals surface area (Å²) in [4.78, 5) is 29.1. The molecule has 1 saturated heterocycles. The van der Waals surface area contributed by atoms with E-state index in [1.807, 2.05) is 24.3 Å². The van der Waals surface area contributed by atoms with Crippen molar-refractivity contribution in [3.63, 3.8) is 0 Å². The molecule has 1 N–H and O–H groups in total. The zero-order valence-corrected chi connectivity index (χ0v) is 18.5. The van der Waals surface area contributed by atoms with Crippen molar-refractivity contribution < 1.29 is 14.0 Å². The van der Waals surface area contributed by atoms with Crippen LogP contribution in [-0.4, -0.2) is 29.1 Å². The number of carbonyl (C=O) groups is 2. The molecule has 1 atom stereocenters. The lowest BCUT2D eigenvalue weighted by Crippen LogP contribution is -2.51.